The first kappa shape index (κ1) is 27.8. The molecule has 8 heteroatoms. The van der Waals surface area contributed by atoms with Gasteiger partial charge in [-0.3, -0.25) is 4.79 Å². The second-order valence-corrected chi connectivity index (χ2v) is 8.56. The monoisotopic (exact) mass is 501 g/mol. The molecule has 0 bridgehead atoms. The number of carbonyl (C=O) groups excluding carboxylic acids is 1. The van der Waals surface area contributed by atoms with Crippen molar-refractivity contribution in [3.8, 4) is 0 Å². The van der Waals surface area contributed by atoms with Crippen molar-refractivity contribution in [2.75, 3.05) is 39.6 Å². The van der Waals surface area contributed by atoms with Crippen LogP contribution in [0, 0.1) is 11.7 Å². The number of aliphatic hydroxyl groups excluding tert-OH is 1. The molecule has 0 saturated carbocycles. The molecule has 1 aliphatic heterocycles. The zero-order valence-corrected chi connectivity index (χ0v) is 20.9. The van der Waals surface area contributed by atoms with E-state index in [9.17, 15) is 9.18 Å². The normalized spacial score (nSPS) is 20.3. The Morgan fingerprint density at radius 2 is 1.75 bits per heavy atom. The van der Waals surface area contributed by atoms with Crippen molar-refractivity contribution in [3.05, 3.63) is 83.4 Å². The third kappa shape index (κ3) is 8.13. The Bertz CT molecular complexity index is 952. The van der Waals surface area contributed by atoms with Gasteiger partial charge >= 0.3 is 0 Å². The van der Waals surface area contributed by atoms with Gasteiger partial charge in [0.25, 0.3) is 5.91 Å². The molecule has 7 nitrogen and oxygen atoms in total. The highest BCUT2D eigenvalue weighted by atomic mass is 19.1. The van der Waals surface area contributed by atoms with E-state index in [0.29, 0.717) is 32.8 Å². The Kier molecular flexibility index (Phi) is 11.4. The molecule has 0 spiro atoms. The van der Waals surface area contributed by atoms with Gasteiger partial charge in [-0.15, -0.1) is 0 Å². The predicted octanol–water partition coefficient (Wildman–Crippen LogP) is 4.10. The minimum atomic E-state index is -0.624. The van der Waals surface area contributed by atoms with E-state index in [4.69, 9.17) is 24.1 Å². The van der Waals surface area contributed by atoms with Gasteiger partial charge in [-0.2, -0.15) is 0 Å². The zero-order chi connectivity index (χ0) is 25.8. The molecule has 0 unspecified atom stereocenters. The molecule has 0 fully saturated rings. The maximum absolute atomic E-state index is 13.3. The molecule has 1 heterocycles. The van der Waals surface area contributed by atoms with Gasteiger partial charge in [0, 0.05) is 25.0 Å². The van der Waals surface area contributed by atoms with Crippen molar-refractivity contribution in [3.63, 3.8) is 0 Å². The highest BCUT2D eigenvalue weighted by molar-refractivity contribution is 5.92. The second kappa shape index (κ2) is 14.7. The molecule has 0 radical (unpaired) electrons. The number of ether oxygens (including phenoxy) is 4. The summed E-state index contributed by atoms with van der Waals surface area (Å²) in [5, 5.41) is 11.7. The fourth-order valence-corrected chi connectivity index (χ4v) is 4.20. The van der Waals surface area contributed by atoms with Crippen LogP contribution in [0.15, 0.2) is 66.4 Å². The van der Waals surface area contributed by atoms with Crippen molar-refractivity contribution in [2.24, 2.45) is 5.92 Å². The summed E-state index contributed by atoms with van der Waals surface area (Å²) < 4.78 is 36.3. The number of hydrogen-bond donors (Lipinski definition) is 2. The molecule has 0 aromatic heterocycles. The number of nitrogens with one attached hydrogen (secondary N) is 1. The Balaban J connectivity index is 1.74. The van der Waals surface area contributed by atoms with E-state index in [-0.39, 0.29) is 48.6 Å². The summed E-state index contributed by atoms with van der Waals surface area (Å²) in [4.78, 5) is 13.2. The molecule has 0 aliphatic carbocycles. The van der Waals surface area contributed by atoms with Gasteiger partial charge in [0.05, 0.1) is 32.5 Å². The largest absolute Gasteiger partial charge is 0.459 e. The lowest BCUT2D eigenvalue weighted by molar-refractivity contribution is -0.168. The van der Waals surface area contributed by atoms with Gasteiger partial charge in [0.15, 0.2) is 5.76 Å². The van der Waals surface area contributed by atoms with Crippen LogP contribution in [0.25, 0.3) is 0 Å². The molecule has 1 aliphatic rings. The van der Waals surface area contributed by atoms with Gasteiger partial charge in [0.2, 0.25) is 6.29 Å². The van der Waals surface area contributed by atoms with Crippen LogP contribution < -0.4 is 5.32 Å². The van der Waals surface area contributed by atoms with Crippen LogP contribution >= 0.6 is 0 Å². The van der Waals surface area contributed by atoms with E-state index < -0.39 is 6.29 Å². The summed E-state index contributed by atoms with van der Waals surface area (Å²) in [5.41, 5.74) is 1.85. The summed E-state index contributed by atoms with van der Waals surface area (Å²) in [6.07, 6.45) is 1.88. The smallest absolute Gasteiger partial charge is 0.286 e. The predicted molar refractivity (Wildman–Crippen MR) is 134 cm³/mol. The number of rotatable bonds is 14. The van der Waals surface area contributed by atoms with Gasteiger partial charge in [-0.1, -0.05) is 42.5 Å². The van der Waals surface area contributed by atoms with Gasteiger partial charge in [0.1, 0.15) is 5.82 Å². The van der Waals surface area contributed by atoms with E-state index >= 15 is 0 Å². The Morgan fingerprint density at radius 1 is 1.06 bits per heavy atom. The Labute approximate surface area is 212 Å². The van der Waals surface area contributed by atoms with Gasteiger partial charge < -0.3 is 29.4 Å². The van der Waals surface area contributed by atoms with E-state index in [1.165, 1.54) is 12.1 Å². The van der Waals surface area contributed by atoms with Crippen molar-refractivity contribution in [2.45, 2.75) is 38.5 Å². The first-order chi connectivity index (χ1) is 17.5. The molecule has 1 amide bonds. The van der Waals surface area contributed by atoms with Crippen LogP contribution in [0.1, 0.15) is 43.4 Å². The third-order valence-electron chi connectivity index (χ3n) is 6.04. The lowest BCUT2D eigenvalue weighted by Crippen LogP contribution is -2.40. The van der Waals surface area contributed by atoms with E-state index in [1.807, 2.05) is 50.3 Å². The van der Waals surface area contributed by atoms with Crippen LogP contribution in [-0.4, -0.2) is 56.9 Å². The van der Waals surface area contributed by atoms with Crippen LogP contribution in [0.5, 0.6) is 0 Å². The highest BCUT2D eigenvalue weighted by Gasteiger charge is 2.38. The lowest BCUT2D eigenvalue weighted by Gasteiger charge is -2.37. The molecular formula is C28H36FNO6. The average molecular weight is 502 g/mol. The summed E-state index contributed by atoms with van der Waals surface area (Å²) >= 11 is 0. The summed E-state index contributed by atoms with van der Waals surface area (Å²) in [6, 6.07) is 15.7. The highest BCUT2D eigenvalue weighted by Crippen LogP contribution is 2.38. The fraction of sp³-hybridized carbons (Fsp3) is 0.464. The first-order valence-electron chi connectivity index (χ1n) is 12.4. The van der Waals surface area contributed by atoms with Gasteiger partial charge in [-0.05, 0) is 49.6 Å². The molecule has 3 rings (SSSR count). The average Bonchev–Trinajstić information content (AvgIpc) is 2.89. The minimum absolute atomic E-state index is 0.0148. The number of carbonyl (C=O) groups is 1. The number of halogens is 1. The van der Waals surface area contributed by atoms with Crippen molar-refractivity contribution >= 4 is 5.91 Å². The summed E-state index contributed by atoms with van der Waals surface area (Å²) in [7, 11) is 0. The molecule has 36 heavy (non-hydrogen) atoms. The number of benzene rings is 2. The lowest BCUT2D eigenvalue weighted by atomic mass is 9.81. The van der Waals surface area contributed by atoms with Crippen molar-refractivity contribution in [1.82, 2.24) is 5.32 Å². The maximum atomic E-state index is 13.3. The molecule has 2 aromatic rings. The Morgan fingerprint density at radius 3 is 2.42 bits per heavy atom. The molecule has 2 aromatic carbocycles. The van der Waals surface area contributed by atoms with Crippen molar-refractivity contribution in [1.29, 1.82) is 0 Å². The zero-order valence-electron chi connectivity index (χ0n) is 20.9. The van der Waals surface area contributed by atoms with E-state index in [1.54, 1.807) is 12.1 Å². The quantitative estimate of drug-likeness (QED) is 0.379. The first-order valence-corrected chi connectivity index (χ1v) is 12.4. The number of allylic oxidation sites excluding steroid dienone is 1. The topological polar surface area (TPSA) is 86.3 Å². The van der Waals surface area contributed by atoms with Crippen molar-refractivity contribution < 1.29 is 33.2 Å². The number of aliphatic hydroxyl groups is 1. The SMILES string of the molecule is CCO[C@H]1OC(C(=O)N[C@H](C)c2ccc(F)cc2)=C[C@@H](c2ccccc2)[C@H]1CCOCCOCCO. The summed E-state index contributed by atoms with van der Waals surface area (Å²) in [6.45, 7) is 5.74. The summed E-state index contributed by atoms with van der Waals surface area (Å²) in [5.74, 6) is -0.669. The number of hydrogen-bond acceptors (Lipinski definition) is 6. The van der Waals surface area contributed by atoms with E-state index in [0.717, 1.165) is 11.1 Å². The standard InChI is InChI=1S/C28H36FNO6/c1-3-35-28-24(13-15-33-17-18-34-16-14-31)25(22-7-5-4-6-8-22)19-26(36-28)27(32)30-20(2)21-9-11-23(29)12-10-21/h4-12,19-20,24-25,28,31H,3,13-18H2,1-2H3,(H,30,32)/t20-,24-,25+,28+/m1/s1. The second-order valence-electron chi connectivity index (χ2n) is 8.56. The Hall–Kier alpha value is -2.78. The molecular weight excluding hydrogens is 465 g/mol. The molecule has 196 valence electrons. The minimum Gasteiger partial charge on any atom is -0.459 e. The number of amides is 1. The van der Waals surface area contributed by atoms with E-state index in [2.05, 4.69) is 5.32 Å². The molecule has 0 saturated heterocycles. The van der Waals surface area contributed by atoms with Crippen LogP contribution in [0.3, 0.4) is 0 Å². The molecule has 2 N–H and O–H groups in total. The van der Waals surface area contributed by atoms with Crippen LogP contribution in [-0.2, 0) is 23.7 Å². The van der Waals surface area contributed by atoms with Crippen LogP contribution in [0.4, 0.5) is 4.39 Å². The van der Waals surface area contributed by atoms with Crippen LogP contribution in [0.2, 0.25) is 0 Å². The van der Waals surface area contributed by atoms with Gasteiger partial charge in [-0.25, -0.2) is 4.39 Å². The fourth-order valence-electron chi connectivity index (χ4n) is 4.20. The molecule has 4 atom stereocenters. The maximum Gasteiger partial charge on any atom is 0.286 e. The third-order valence-corrected chi connectivity index (χ3v) is 6.04.